The maximum atomic E-state index is 7.24. The Labute approximate surface area is 615 Å². The summed E-state index contributed by atoms with van der Waals surface area (Å²) in [6, 6.07) is 82.4. The van der Waals surface area contributed by atoms with Crippen molar-refractivity contribution in [2.45, 2.75) is 187 Å². The van der Waals surface area contributed by atoms with Gasteiger partial charge in [-0.25, -0.2) is 0 Å². The molecule has 0 fully saturated rings. The third-order valence-electron chi connectivity index (χ3n) is 26.1. The highest BCUT2D eigenvalue weighted by Gasteiger charge is 2.50. The summed E-state index contributed by atoms with van der Waals surface area (Å²) in [6.45, 7) is 28.8. The largest absolute Gasteiger partial charge is 0.455 e. The van der Waals surface area contributed by atoms with Gasteiger partial charge in [-0.15, -0.1) is 0 Å². The van der Waals surface area contributed by atoms with Gasteiger partial charge >= 0.3 is 0 Å². The van der Waals surface area contributed by atoms with Crippen molar-refractivity contribution >= 4 is 60.9 Å². The molecule has 0 saturated heterocycles. The lowest BCUT2D eigenvalue weighted by molar-refractivity contribution is 0.399. The number of anilines is 3. The molecule has 0 saturated carbocycles. The van der Waals surface area contributed by atoms with E-state index in [0.717, 1.165) is 50.3 Å². The average Bonchev–Trinajstić information content (AvgIpc) is 1.51. The SMILES string of the molecule is CCCCCCCC1(CCCCCCC)c2ccccc2-c2ccc(-c3ccc4c(c3)C(C)(C)c3cc(-c5cc6c(c7c5oc5ccccc57)-c5ccc(N(c7cc(C)cc(C)c7)c7ccc8c(c7)C(C)(C)c7c9c(c%10oc%11ccccc%11c%10c7-8)-c7ccccc7C9(C)C)cc5C6(C)C)ccc3-4)cc21. The minimum absolute atomic E-state index is 0.0325. The summed E-state index contributed by atoms with van der Waals surface area (Å²) in [5.41, 5.74) is 40.7. The van der Waals surface area contributed by atoms with Crippen LogP contribution in [0.2, 0.25) is 0 Å². The molecule has 0 unspecified atom stereocenters. The summed E-state index contributed by atoms with van der Waals surface area (Å²) in [5.74, 6) is 0. The molecule has 12 aromatic carbocycles. The molecule has 19 rings (SSSR count). The molecular weight excluding hydrogens is 1260 g/mol. The molecule has 5 aliphatic rings. The van der Waals surface area contributed by atoms with Crippen LogP contribution >= 0.6 is 0 Å². The Balaban J connectivity index is 0.704. The molecule has 5 aliphatic carbocycles. The Hall–Kier alpha value is -9.96. The van der Waals surface area contributed by atoms with Crippen LogP contribution in [0, 0.1) is 13.8 Å². The maximum Gasteiger partial charge on any atom is 0.144 e. The lowest BCUT2D eigenvalue weighted by Gasteiger charge is -2.33. The summed E-state index contributed by atoms with van der Waals surface area (Å²) in [7, 11) is 0. The van der Waals surface area contributed by atoms with E-state index in [1.54, 1.807) is 11.1 Å². The number of aryl methyl sites for hydroxylation is 2. The molecule has 3 nitrogen and oxygen atoms in total. The monoisotopic (exact) mass is 1350 g/mol. The highest BCUT2D eigenvalue weighted by molar-refractivity contribution is 6.22. The Morgan fingerprint density at radius 2 is 0.731 bits per heavy atom. The van der Waals surface area contributed by atoms with Crippen molar-refractivity contribution in [3.63, 3.8) is 0 Å². The first kappa shape index (κ1) is 64.8. The van der Waals surface area contributed by atoms with E-state index in [-0.39, 0.29) is 27.1 Å². The van der Waals surface area contributed by atoms with Crippen molar-refractivity contribution in [1.82, 2.24) is 0 Å². The van der Waals surface area contributed by atoms with Gasteiger partial charge in [-0.3, -0.25) is 0 Å². The molecule has 0 N–H and O–H groups in total. The molecular formula is C101H95NO2. The molecule has 0 spiro atoms. The van der Waals surface area contributed by atoms with Gasteiger partial charge in [0.25, 0.3) is 0 Å². The molecule has 0 aliphatic heterocycles. The number of nitrogens with zero attached hydrogens (tertiary/aromatic N) is 1. The van der Waals surface area contributed by atoms with Gasteiger partial charge in [-0.1, -0.05) is 273 Å². The number of hydrogen-bond donors (Lipinski definition) is 0. The Morgan fingerprint density at radius 1 is 0.298 bits per heavy atom. The standard InChI is InChI=1S/C101H95NO2/c1-13-15-17-19-29-49-101(50-30-20-18-16-14-2)79-36-26-21-31-68(79)71-45-40-63(55-84(71)101)62-39-44-69-70-46-41-64(56-81(70)97(5,6)80(69)54-62)77-59-85-88(90-75-33-23-27-37-86(75)103-95(77)90)73-47-42-65(57-82(73)98(85,7)8)102(67-52-60(3)51-61(4)53-67)66-43-48-74-83(58-66)100(11,12)93-89(74)91-76-34-24-28-38-87(76)104-96(91)92-72-32-22-25-35-78(72)99(9,10)94(92)93/h21-28,31-48,51-59H,13-20,29-30,49-50H2,1-12H3. The third-order valence-corrected chi connectivity index (χ3v) is 26.1. The van der Waals surface area contributed by atoms with Crippen LogP contribution < -0.4 is 4.90 Å². The van der Waals surface area contributed by atoms with Gasteiger partial charge in [0, 0.05) is 76.8 Å². The fourth-order valence-corrected chi connectivity index (χ4v) is 21.1. The predicted molar refractivity (Wildman–Crippen MR) is 439 cm³/mol. The van der Waals surface area contributed by atoms with E-state index < -0.39 is 0 Å². The summed E-state index contributed by atoms with van der Waals surface area (Å²) in [4.78, 5) is 2.54. The van der Waals surface area contributed by atoms with Gasteiger partial charge < -0.3 is 13.7 Å². The van der Waals surface area contributed by atoms with Crippen LogP contribution in [-0.4, -0.2) is 0 Å². The second-order valence-corrected chi connectivity index (χ2v) is 33.9. The summed E-state index contributed by atoms with van der Waals surface area (Å²) in [5, 5.41) is 4.74. The van der Waals surface area contributed by atoms with Gasteiger partial charge in [0.2, 0.25) is 0 Å². The van der Waals surface area contributed by atoms with Crippen molar-refractivity contribution in [3.05, 3.63) is 279 Å². The van der Waals surface area contributed by atoms with Gasteiger partial charge in [0.1, 0.15) is 22.3 Å². The fraction of sp³-hybridized carbons (Fsp3) is 0.287. The van der Waals surface area contributed by atoms with Crippen LogP contribution in [0.15, 0.2) is 221 Å². The van der Waals surface area contributed by atoms with E-state index in [9.17, 15) is 0 Å². The molecule has 14 aromatic rings. The number of unbranched alkanes of at least 4 members (excludes halogenated alkanes) is 8. The van der Waals surface area contributed by atoms with Crippen molar-refractivity contribution < 1.29 is 8.83 Å². The minimum Gasteiger partial charge on any atom is -0.455 e. The number of rotatable bonds is 17. The van der Waals surface area contributed by atoms with Gasteiger partial charge in [-0.2, -0.15) is 0 Å². The highest BCUT2D eigenvalue weighted by Crippen LogP contribution is 2.65. The van der Waals surface area contributed by atoms with Crippen LogP contribution in [-0.2, 0) is 27.1 Å². The summed E-state index contributed by atoms with van der Waals surface area (Å²) < 4.78 is 14.3. The maximum absolute atomic E-state index is 7.24. The van der Waals surface area contributed by atoms with E-state index in [2.05, 4.69) is 300 Å². The average molecular weight is 1350 g/mol. The van der Waals surface area contributed by atoms with E-state index in [0.29, 0.717) is 0 Å². The molecule has 0 radical (unpaired) electrons. The number of benzene rings is 12. The van der Waals surface area contributed by atoms with E-state index in [1.165, 1.54) is 221 Å². The van der Waals surface area contributed by atoms with Crippen LogP contribution in [0.5, 0.6) is 0 Å². The summed E-state index contributed by atoms with van der Waals surface area (Å²) in [6.07, 6.45) is 15.4. The quantitative estimate of drug-likeness (QED) is 0.0851. The molecule has 2 aromatic heterocycles. The van der Waals surface area contributed by atoms with Crippen LogP contribution in [0.25, 0.3) is 122 Å². The molecule has 0 bridgehead atoms. The molecule has 2 heterocycles. The Kier molecular flexibility index (Phi) is 14.7. The first-order valence-corrected chi connectivity index (χ1v) is 39.2. The first-order chi connectivity index (χ1) is 50.3. The topological polar surface area (TPSA) is 29.5 Å². The predicted octanol–water partition coefficient (Wildman–Crippen LogP) is 29.1. The molecule has 516 valence electrons. The third kappa shape index (κ3) is 9.26. The number of furan rings is 2. The zero-order valence-corrected chi connectivity index (χ0v) is 63.0. The normalized spacial score (nSPS) is 15.8. The highest BCUT2D eigenvalue weighted by atomic mass is 16.3. The first-order valence-electron chi connectivity index (χ1n) is 39.2. The van der Waals surface area contributed by atoms with Crippen molar-refractivity contribution in [2.24, 2.45) is 0 Å². The van der Waals surface area contributed by atoms with Crippen molar-refractivity contribution in [2.75, 3.05) is 4.90 Å². The molecule has 104 heavy (non-hydrogen) atoms. The zero-order chi connectivity index (χ0) is 71.1. The van der Waals surface area contributed by atoms with Crippen molar-refractivity contribution in [3.8, 4) is 77.9 Å². The van der Waals surface area contributed by atoms with E-state index >= 15 is 0 Å². The van der Waals surface area contributed by atoms with Gasteiger partial charge in [0.05, 0.1) is 0 Å². The zero-order valence-electron chi connectivity index (χ0n) is 63.0. The molecule has 3 heteroatoms. The van der Waals surface area contributed by atoms with Crippen LogP contribution in [0.3, 0.4) is 0 Å². The molecule has 0 atom stereocenters. The lowest BCUT2D eigenvalue weighted by atomic mass is 9.70. The second-order valence-electron chi connectivity index (χ2n) is 33.9. The fourth-order valence-electron chi connectivity index (χ4n) is 21.1. The molecule has 0 amide bonds. The van der Waals surface area contributed by atoms with Gasteiger partial charge in [0.15, 0.2) is 0 Å². The number of fused-ring (bicyclic) bond motifs is 25. The Bertz CT molecular complexity index is 5910. The summed E-state index contributed by atoms with van der Waals surface area (Å²) >= 11 is 0. The van der Waals surface area contributed by atoms with Crippen LogP contribution in [0.1, 0.15) is 213 Å². The smallest absolute Gasteiger partial charge is 0.144 e. The number of hydrogen-bond acceptors (Lipinski definition) is 3. The van der Waals surface area contributed by atoms with Crippen LogP contribution in [0.4, 0.5) is 17.1 Å². The van der Waals surface area contributed by atoms with E-state index in [4.69, 9.17) is 8.83 Å². The number of para-hydroxylation sites is 2. The lowest BCUT2D eigenvalue weighted by Crippen LogP contribution is -2.25. The minimum atomic E-state index is -0.382. The van der Waals surface area contributed by atoms with Crippen molar-refractivity contribution in [1.29, 1.82) is 0 Å². The van der Waals surface area contributed by atoms with Gasteiger partial charge in [-0.05, 0) is 233 Å². The Morgan fingerprint density at radius 3 is 1.36 bits per heavy atom. The second kappa shape index (κ2) is 23.5. The van der Waals surface area contributed by atoms with E-state index in [1.807, 2.05) is 0 Å².